The molecule has 3 heterocycles. The first-order valence-corrected chi connectivity index (χ1v) is 7.40. The van der Waals surface area contributed by atoms with Gasteiger partial charge in [-0.3, -0.25) is 21.1 Å². The fraction of sp³-hybridized carbons (Fsp3) is 0.600. The van der Waals surface area contributed by atoms with Crippen LogP contribution in [0.15, 0.2) is 18.2 Å². The summed E-state index contributed by atoms with van der Waals surface area (Å²) in [5.74, 6) is 7.46. The summed E-state index contributed by atoms with van der Waals surface area (Å²) >= 11 is 0. The number of nitrogens with zero attached hydrogens (tertiary/aromatic N) is 2. The minimum absolute atomic E-state index is 0.0668. The van der Waals surface area contributed by atoms with Crippen LogP contribution < -0.4 is 20.7 Å². The molecule has 3 fully saturated rings. The third-order valence-electron chi connectivity index (χ3n) is 4.62. The van der Waals surface area contributed by atoms with E-state index in [2.05, 4.69) is 15.2 Å². The number of nitrogens with one attached hydrogen (secondary N) is 1. The molecule has 3 N–H and O–H groups in total. The monoisotopic (exact) mass is 292 g/mol. The third kappa shape index (κ3) is 2.85. The highest BCUT2D eigenvalue weighted by Gasteiger charge is 2.37. The second-order valence-electron chi connectivity index (χ2n) is 5.69. The maximum atomic E-state index is 5.87. The van der Waals surface area contributed by atoms with E-state index < -0.39 is 0 Å². The number of hydrogen-bond donors (Lipinski definition) is 2. The predicted octanol–water partition coefficient (Wildman–Crippen LogP) is 0.208. The van der Waals surface area contributed by atoms with Crippen LogP contribution in [-0.4, -0.2) is 62.8 Å². The highest BCUT2D eigenvalue weighted by atomic mass is 16.5. The van der Waals surface area contributed by atoms with Crippen molar-refractivity contribution in [3.63, 3.8) is 0 Å². The Balaban J connectivity index is 1.89. The Hall–Kier alpha value is -1.34. The standard InChI is InChI=1S/C15H24N4O2/c1-20-12-7-11(8-13(9-12)21-2)15(17-16)14-10-18-3-5-19(14)6-4-18/h7-9,14-15,17H,3-6,10,16H2,1-2H3. The summed E-state index contributed by atoms with van der Waals surface area (Å²) in [7, 11) is 3.34. The van der Waals surface area contributed by atoms with E-state index in [0.29, 0.717) is 6.04 Å². The highest BCUT2D eigenvalue weighted by molar-refractivity contribution is 5.40. The maximum Gasteiger partial charge on any atom is 0.122 e. The summed E-state index contributed by atoms with van der Waals surface area (Å²) in [4.78, 5) is 5.03. The molecule has 0 radical (unpaired) electrons. The van der Waals surface area contributed by atoms with Crippen LogP contribution in [0.2, 0.25) is 0 Å². The van der Waals surface area contributed by atoms with Gasteiger partial charge in [0.1, 0.15) is 11.5 Å². The van der Waals surface area contributed by atoms with Gasteiger partial charge in [0.25, 0.3) is 0 Å². The molecule has 3 aliphatic heterocycles. The molecule has 0 saturated carbocycles. The largest absolute Gasteiger partial charge is 0.497 e. The van der Waals surface area contributed by atoms with Crippen LogP contribution in [0.1, 0.15) is 11.6 Å². The molecule has 1 aromatic rings. The number of hydrogen-bond acceptors (Lipinski definition) is 6. The second-order valence-corrected chi connectivity index (χ2v) is 5.69. The smallest absolute Gasteiger partial charge is 0.122 e. The second kappa shape index (κ2) is 6.19. The lowest BCUT2D eigenvalue weighted by Crippen LogP contribution is -2.64. The fourth-order valence-electron chi connectivity index (χ4n) is 3.41. The number of methoxy groups -OCH3 is 2. The number of piperazine rings is 3. The normalized spacial score (nSPS) is 29.2. The predicted molar refractivity (Wildman–Crippen MR) is 81.4 cm³/mol. The van der Waals surface area contributed by atoms with Gasteiger partial charge in [-0.1, -0.05) is 0 Å². The minimum Gasteiger partial charge on any atom is -0.497 e. The van der Waals surface area contributed by atoms with Crippen molar-refractivity contribution >= 4 is 0 Å². The summed E-state index contributed by atoms with van der Waals surface area (Å²) in [6.07, 6.45) is 0. The number of hydrazine groups is 1. The molecule has 2 unspecified atom stereocenters. The van der Waals surface area contributed by atoms with Gasteiger partial charge >= 0.3 is 0 Å². The molecule has 0 aliphatic carbocycles. The lowest BCUT2D eigenvalue weighted by Gasteiger charge is -2.50. The number of rotatable bonds is 5. The van der Waals surface area contributed by atoms with Crippen LogP contribution in [0.25, 0.3) is 0 Å². The van der Waals surface area contributed by atoms with Crippen molar-refractivity contribution in [3.8, 4) is 11.5 Å². The molecule has 0 aromatic heterocycles. The first-order valence-electron chi connectivity index (χ1n) is 7.40. The van der Waals surface area contributed by atoms with Crippen LogP contribution in [0.4, 0.5) is 0 Å². The third-order valence-corrected chi connectivity index (χ3v) is 4.62. The van der Waals surface area contributed by atoms with Gasteiger partial charge in [0.05, 0.1) is 20.3 Å². The molecular formula is C15H24N4O2. The zero-order chi connectivity index (χ0) is 14.8. The van der Waals surface area contributed by atoms with E-state index in [1.165, 1.54) is 0 Å². The first-order chi connectivity index (χ1) is 10.2. The minimum atomic E-state index is 0.0668. The Kier molecular flexibility index (Phi) is 4.30. The van der Waals surface area contributed by atoms with Crippen LogP contribution in [0.5, 0.6) is 11.5 Å². The van der Waals surface area contributed by atoms with Crippen molar-refractivity contribution in [2.24, 2.45) is 5.84 Å². The molecule has 21 heavy (non-hydrogen) atoms. The van der Waals surface area contributed by atoms with Gasteiger partial charge in [-0.15, -0.1) is 0 Å². The van der Waals surface area contributed by atoms with Gasteiger partial charge in [-0.2, -0.15) is 0 Å². The molecule has 1 aromatic carbocycles. The quantitative estimate of drug-likeness (QED) is 0.597. The van der Waals surface area contributed by atoms with Crippen molar-refractivity contribution in [1.82, 2.24) is 15.2 Å². The molecule has 0 spiro atoms. The van der Waals surface area contributed by atoms with Gasteiger partial charge < -0.3 is 9.47 Å². The van der Waals surface area contributed by atoms with Crippen molar-refractivity contribution < 1.29 is 9.47 Å². The van der Waals surface area contributed by atoms with E-state index in [4.69, 9.17) is 15.3 Å². The van der Waals surface area contributed by atoms with Crippen LogP contribution in [-0.2, 0) is 0 Å². The Morgan fingerprint density at radius 2 is 1.71 bits per heavy atom. The van der Waals surface area contributed by atoms with Crippen molar-refractivity contribution in [2.45, 2.75) is 12.1 Å². The fourth-order valence-corrected chi connectivity index (χ4v) is 3.41. The average molecular weight is 292 g/mol. The average Bonchev–Trinajstić information content (AvgIpc) is 2.56. The molecule has 6 heteroatoms. The van der Waals surface area contributed by atoms with Gasteiger partial charge in [-0.05, 0) is 17.7 Å². The van der Waals surface area contributed by atoms with Crippen LogP contribution in [0, 0.1) is 0 Å². The Bertz CT molecular complexity index is 466. The zero-order valence-corrected chi connectivity index (χ0v) is 12.7. The zero-order valence-electron chi connectivity index (χ0n) is 12.7. The van der Waals surface area contributed by atoms with E-state index in [1.54, 1.807) is 14.2 Å². The lowest BCUT2D eigenvalue weighted by molar-refractivity contribution is -0.00374. The Morgan fingerprint density at radius 3 is 2.14 bits per heavy atom. The lowest BCUT2D eigenvalue weighted by atomic mass is 9.94. The number of nitrogens with two attached hydrogens (primary N) is 1. The summed E-state index contributed by atoms with van der Waals surface area (Å²) in [6, 6.07) is 6.40. The van der Waals surface area contributed by atoms with E-state index in [1.807, 2.05) is 18.2 Å². The highest BCUT2D eigenvalue weighted by Crippen LogP contribution is 2.31. The van der Waals surface area contributed by atoms with Crippen molar-refractivity contribution in [1.29, 1.82) is 0 Å². The summed E-state index contributed by atoms with van der Waals surface area (Å²) in [6.45, 7) is 5.60. The van der Waals surface area contributed by atoms with E-state index in [-0.39, 0.29) is 6.04 Å². The van der Waals surface area contributed by atoms with Gasteiger partial charge in [0.15, 0.2) is 0 Å². The van der Waals surface area contributed by atoms with Crippen LogP contribution >= 0.6 is 0 Å². The van der Waals surface area contributed by atoms with E-state index in [9.17, 15) is 0 Å². The Morgan fingerprint density at radius 1 is 1.10 bits per heavy atom. The molecule has 3 saturated heterocycles. The van der Waals surface area contributed by atoms with Gasteiger partial charge in [0, 0.05) is 44.8 Å². The van der Waals surface area contributed by atoms with Gasteiger partial charge in [-0.25, -0.2) is 0 Å². The summed E-state index contributed by atoms with van der Waals surface area (Å²) in [5.41, 5.74) is 4.10. The SMILES string of the molecule is COc1cc(OC)cc(C(NN)C2CN3CCN2CC3)c1. The van der Waals surface area contributed by atoms with E-state index in [0.717, 1.165) is 49.8 Å². The number of fused-ring (bicyclic) bond motifs is 3. The van der Waals surface area contributed by atoms with Gasteiger partial charge in [0.2, 0.25) is 0 Å². The molecule has 0 amide bonds. The topological polar surface area (TPSA) is 63.0 Å². The van der Waals surface area contributed by atoms with Crippen molar-refractivity contribution in [3.05, 3.63) is 23.8 Å². The Labute approximate surface area is 125 Å². The molecule has 2 bridgehead atoms. The first kappa shape index (κ1) is 14.6. The summed E-state index contributed by atoms with van der Waals surface area (Å²) < 4.78 is 10.7. The molecule has 2 atom stereocenters. The van der Waals surface area contributed by atoms with E-state index >= 15 is 0 Å². The number of benzene rings is 1. The number of ether oxygens (including phenoxy) is 2. The van der Waals surface area contributed by atoms with Crippen LogP contribution in [0.3, 0.4) is 0 Å². The van der Waals surface area contributed by atoms with Crippen molar-refractivity contribution in [2.75, 3.05) is 46.9 Å². The molecule has 3 aliphatic rings. The molecule has 116 valence electrons. The molecule has 4 rings (SSSR count). The molecule has 6 nitrogen and oxygen atoms in total. The summed E-state index contributed by atoms with van der Waals surface area (Å²) in [5, 5.41) is 0. The molecular weight excluding hydrogens is 268 g/mol. The maximum absolute atomic E-state index is 5.87.